The van der Waals surface area contributed by atoms with Gasteiger partial charge in [0.2, 0.25) is 5.91 Å². The van der Waals surface area contributed by atoms with E-state index in [9.17, 15) is 4.79 Å². The van der Waals surface area contributed by atoms with Crippen LogP contribution in [-0.4, -0.2) is 16.3 Å². The number of H-pyrrole nitrogens is 1. The van der Waals surface area contributed by atoms with Crippen LogP contribution in [0.5, 0.6) is 0 Å². The molecule has 1 atom stereocenters. The molecule has 1 aromatic heterocycles. The standard InChI is InChI=1S/C11H11ClN2O/c1-7(12)11(15)14-9-2-3-10-8(6-9)4-5-13-10/h2-7,13H,1H3,(H,14,15). The molecule has 0 saturated heterocycles. The van der Waals surface area contributed by atoms with Gasteiger partial charge in [-0.2, -0.15) is 0 Å². The third-order valence-electron chi connectivity index (χ3n) is 2.18. The van der Waals surface area contributed by atoms with Gasteiger partial charge < -0.3 is 10.3 Å². The Kier molecular flexibility index (Phi) is 2.64. The topological polar surface area (TPSA) is 44.9 Å². The van der Waals surface area contributed by atoms with Crippen molar-refractivity contribution >= 4 is 34.1 Å². The summed E-state index contributed by atoms with van der Waals surface area (Å²) in [5, 5.41) is 3.28. The van der Waals surface area contributed by atoms with E-state index in [-0.39, 0.29) is 5.91 Å². The second kappa shape index (κ2) is 3.95. The lowest BCUT2D eigenvalue weighted by Crippen LogP contribution is -2.20. The van der Waals surface area contributed by atoms with Crippen LogP contribution in [0, 0.1) is 0 Å². The number of alkyl halides is 1. The zero-order chi connectivity index (χ0) is 10.8. The third-order valence-corrected chi connectivity index (χ3v) is 2.38. The molecule has 0 bridgehead atoms. The number of carbonyl (C=O) groups excluding carboxylic acids is 1. The molecule has 1 aromatic carbocycles. The molecule has 0 saturated carbocycles. The van der Waals surface area contributed by atoms with Gasteiger partial charge >= 0.3 is 0 Å². The Morgan fingerprint density at radius 1 is 1.47 bits per heavy atom. The predicted octanol–water partition coefficient (Wildman–Crippen LogP) is 2.73. The van der Waals surface area contributed by atoms with Crippen molar-refractivity contribution in [2.24, 2.45) is 0 Å². The molecule has 0 fully saturated rings. The Bertz CT molecular complexity index is 490. The maximum Gasteiger partial charge on any atom is 0.242 e. The highest BCUT2D eigenvalue weighted by atomic mass is 35.5. The summed E-state index contributed by atoms with van der Waals surface area (Å²) in [6.45, 7) is 1.64. The monoisotopic (exact) mass is 222 g/mol. The predicted molar refractivity (Wildman–Crippen MR) is 62.2 cm³/mol. The van der Waals surface area contributed by atoms with E-state index in [1.165, 1.54) is 0 Å². The molecule has 0 aliphatic rings. The fourth-order valence-corrected chi connectivity index (χ4v) is 1.43. The molecular formula is C11H11ClN2O. The van der Waals surface area contributed by atoms with Gasteiger partial charge in [0.05, 0.1) is 0 Å². The minimum absolute atomic E-state index is 0.188. The molecule has 0 aliphatic heterocycles. The van der Waals surface area contributed by atoms with Gasteiger partial charge in [0.1, 0.15) is 5.38 Å². The molecule has 0 aliphatic carbocycles. The van der Waals surface area contributed by atoms with Crippen molar-refractivity contribution in [1.29, 1.82) is 0 Å². The minimum atomic E-state index is -0.521. The van der Waals surface area contributed by atoms with Crippen molar-refractivity contribution in [3.8, 4) is 0 Å². The van der Waals surface area contributed by atoms with Gasteiger partial charge in [-0.15, -0.1) is 11.6 Å². The molecule has 1 heterocycles. The van der Waals surface area contributed by atoms with Gasteiger partial charge in [0.25, 0.3) is 0 Å². The number of aromatic nitrogens is 1. The van der Waals surface area contributed by atoms with Crippen LogP contribution in [-0.2, 0) is 4.79 Å². The van der Waals surface area contributed by atoms with E-state index in [2.05, 4.69) is 10.3 Å². The minimum Gasteiger partial charge on any atom is -0.361 e. The number of hydrogen-bond donors (Lipinski definition) is 2. The van der Waals surface area contributed by atoms with Crippen molar-refractivity contribution in [2.75, 3.05) is 5.32 Å². The number of hydrogen-bond acceptors (Lipinski definition) is 1. The lowest BCUT2D eigenvalue weighted by Gasteiger charge is -2.06. The Morgan fingerprint density at radius 2 is 2.27 bits per heavy atom. The average Bonchev–Trinajstić information content (AvgIpc) is 2.64. The number of rotatable bonds is 2. The zero-order valence-electron chi connectivity index (χ0n) is 8.25. The first kappa shape index (κ1) is 10.1. The van der Waals surface area contributed by atoms with E-state index in [0.29, 0.717) is 0 Å². The molecule has 1 amide bonds. The van der Waals surface area contributed by atoms with Crippen LogP contribution in [0.1, 0.15) is 6.92 Å². The molecule has 3 nitrogen and oxygen atoms in total. The van der Waals surface area contributed by atoms with Gasteiger partial charge in [0.15, 0.2) is 0 Å². The van der Waals surface area contributed by atoms with Gasteiger partial charge in [0, 0.05) is 22.8 Å². The Morgan fingerprint density at radius 3 is 3.00 bits per heavy atom. The fraction of sp³-hybridized carbons (Fsp3) is 0.182. The van der Waals surface area contributed by atoms with Crippen LogP contribution < -0.4 is 5.32 Å². The van der Waals surface area contributed by atoms with Gasteiger partial charge in [-0.25, -0.2) is 0 Å². The number of fused-ring (bicyclic) bond motifs is 1. The first-order valence-electron chi connectivity index (χ1n) is 4.69. The highest BCUT2D eigenvalue weighted by Crippen LogP contribution is 2.18. The molecule has 1 unspecified atom stereocenters. The number of carbonyl (C=O) groups is 1. The molecule has 78 valence electrons. The lowest BCUT2D eigenvalue weighted by atomic mass is 10.2. The van der Waals surface area contributed by atoms with E-state index >= 15 is 0 Å². The Hall–Kier alpha value is -1.48. The SMILES string of the molecule is CC(Cl)C(=O)Nc1ccc2[nH]ccc2c1. The fourth-order valence-electron chi connectivity index (χ4n) is 1.37. The lowest BCUT2D eigenvalue weighted by molar-refractivity contribution is -0.115. The molecule has 0 spiro atoms. The first-order chi connectivity index (χ1) is 7.16. The number of anilines is 1. The molecule has 15 heavy (non-hydrogen) atoms. The van der Waals surface area contributed by atoms with Crippen LogP contribution in [0.25, 0.3) is 10.9 Å². The summed E-state index contributed by atoms with van der Waals surface area (Å²) in [6, 6.07) is 7.62. The summed E-state index contributed by atoms with van der Waals surface area (Å²) in [6.07, 6.45) is 1.86. The normalized spacial score (nSPS) is 12.7. The molecule has 2 N–H and O–H groups in total. The third kappa shape index (κ3) is 2.13. The first-order valence-corrected chi connectivity index (χ1v) is 5.12. The highest BCUT2D eigenvalue weighted by Gasteiger charge is 2.09. The second-order valence-electron chi connectivity index (χ2n) is 3.38. The number of amides is 1. The summed E-state index contributed by atoms with van der Waals surface area (Å²) in [5.74, 6) is -0.188. The van der Waals surface area contributed by atoms with Gasteiger partial charge in [-0.3, -0.25) is 4.79 Å². The summed E-state index contributed by atoms with van der Waals surface area (Å²) in [5.41, 5.74) is 1.81. The maximum atomic E-state index is 11.3. The average molecular weight is 223 g/mol. The van der Waals surface area contributed by atoms with Crippen molar-refractivity contribution in [3.05, 3.63) is 30.5 Å². The van der Waals surface area contributed by atoms with Gasteiger partial charge in [-0.05, 0) is 31.2 Å². The molecule has 0 radical (unpaired) electrons. The number of benzene rings is 1. The zero-order valence-corrected chi connectivity index (χ0v) is 9.01. The van der Waals surface area contributed by atoms with E-state index in [0.717, 1.165) is 16.6 Å². The Labute approximate surface area is 92.4 Å². The molecule has 2 rings (SSSR count). The Balaban J connectivity index is 2.25. The van der Waals surface area contributed by atoms with Crippen molar-refractivity contribution in [2.45, 2.75) is 12.3 Å². The van der Waals surface area contributed by atoms with Crippen molar-refractivity contribution in [3.63, 3.8) is 0 Å². The van der Waals surface area contributed by atoms with E-state index in [1.807, 2.05) is 30.5 Å². The highest BCUT2D eigenvalue weighted by molar-refractivity contribution is 6.32. The van der Waals surface area contributed by atoms with Crippen molar-refractivity contribution in [1.82, 2.24) is 4.98 Å². The van der Waals surface area contributed by atoms with E-state index in [4.69, 9.17) is 11.6 Å². The van der Waals surface area contributed by atoms with Crippen LogP contribution in [0.4, 0.5) is 5.69 Å². The quantitative estimate of drug-likeness (QED) is 0.754. The molecular weight excluding hydrogens is 212 g/mol. The molecule has 4 heteroatoms. The summed E-state index contributed by atoms with van der Waals surface area (Å²) >= 11 is 5.66. The van der Waals surface area contributed by atoms with Crippen LogP contribution in [0.3, 0.4) is 0 Å². The van der Waals surface area contributed by atoms with Crippen molar-refractivity contribution < 1.29 is 4.79 Å². The van der Waals surface area contributed by atoms with Crippen LogP contribution in [0.15, 0.2) is 30.5 Å². The second-order valence-corrected chi connectivity index (χ2v) is 4.04. The van der Waals surface area contributed by atoms with E-state index in [1.54, 1.807) is 6.92 Å². The maximum absolute atomic E-state index is 11.3. The number of halogens is 1. The smallest absolute Gasteiger partial charge is 0.242 e. The summed E-state index contributed by atoms with van der Waals surface area (Å²) in [7, 11) is 0. The number of aromatic amines is 1. The van der Waals surface area contributed by atoms with Crippen LogP contribution in [0.2, 0.25) is 0 Å². The summed E-state index contributed by atoms with van der Waals surface area (Å²) < 4.78 is 0. The number of nitrogens with one attached hydrogen (secondary N) is 2. The van der Waals surface area contributed by atoms with Crippen LogP contribution >= 0.6 is 11.6 Å². The largest absolute Gasteiger partial charge is 0.361 e. The van der Waals surface area contributed by atoms with Gasteiger partial charge in [-0.1, -0.05) is 0 Å². The molecule has 2 aromatic rings. The van der Waals surface area contributed by atoms with E-state index < -0.39 is 5.38 Å². The summed E-state index contributed by atoms with van der Waals surface area (Å²) in [4.78, 5) is 14.4.